The lowest BCUT2D eigenvalue weighted by molar-refractivity contribution is 0.0591. The zero-order valence-electron chi connectivity index (χ0n) is 14.5. The van der Waals surface area contributed by atoms with Crippen LogP contribution >= 0.6 is 27.7 Å². The molecule has 0 fully saturated rings. The number of hydrogen-bond donors (Lipinski definition) is 0. The molecular weight excluding hydrogens is 431 g/mol. The number of amides is 2. The van der Waals surface area contributed by atoms with Crippen LogP contribution in [0.4, 0.5) is 4.39 Å². The van der Waals surface area contributed by atoms with E-state index in [1.165, 1.54) is 28.8 Å². The number of fused-ring (bicyclic) bond motifs is 2. The molecule has 2 amide bonds. The van der Waals surface area contributed by atoms with Gasteiger partial charge < -0.3 is 0 Å². The van der Waals surface area contributed by atoms with Crippen molar-refractivity contribution in [1.29, 1.82) is 0 Å². The first-order valence-electron chi connectivity index (χ1n) is 8.23. The molecule has 0 saturated carbocycles. The van der Waals surface area contributed by atoms with E-state index in [0.717, 1.165) is 4.90 Å². The van der Waals surface area contributed by atoms with Gasteiger partial charge in [0.05, 0.1) is 32.9 Å². The van der Waals surface area contributed by atoms with E-state index in [4.69, 9.17) is 0 Å². The zero-order chi connectivity index (χ0) is 19.3. The average molecular weight is 445 g/mol. The second-order valence-corrected chi connectivity index (χ2v) is 7.82. The number of carbonyl (C=O) groups is 2. The maximum atomic E-state index is 13.7. The van der Waals surface area contributed by atoms with Gasteiger partial charge in [-0.15, -0.1) is 11.8 Å². The number of pyridine rings is 1. The van der Waals surface area contributed by atoms with Gasteiger partial charge in [0.1, 0.15) is 5.82 Å². The molecule has 0 spiro atoms. The number of benzene rings is 2. The minimum atomic E-state index is -0.577. The molecule has 2 aromatic carbocycles. The molecule has 1 aliphatic heterocycles. The minimum Gasteiger partial charge on any atom is -0.269 e. The molecule has 1 unspecified atom stereocenters. The Morgan fingerprint density at radius 2 is 1.74 bits per heavy atom. The first-order chi connectivity index (χ1) is 12.9. The van der Waals surface area contributed by atoms with Crippen LogP contribution in [0.5, 0.6) is 0 Å². The number of hydrogen-bond acceptors (Lipinski definition) is 4. The monoisotopic (exact) mass is 444 g/mol. The van der Waals surface area contributed by atoms with E-state index >= 15 is 0 Å². The van der Waals surface area contributed by atoms with Gasteiger partial charge in [0, 0.05) is 10.3 Å². The van der Waals surface area contributed by atoms with E-state index < -0.39 is 6.04 Å². The maximum Gasteiger partial charge on any atom is 0.262 e. The lowest BCUT2D eigenvalue weighted by Crippen LogP contribution is -2.33. The summed E-state index contributed by atoms with van der Waals surface area (Å²) in [4.78, 5) is 32.3. The Hall–Kier alpha value is -2.25. The number of thioether (sulfide) groups is 1. The van der Waals surface area contributed by atoms with Crippen molar-refractivity contribution in [3.8, 4) is 0 Å². The first-order valence-corrected chi connectivity index (χ1v) is 10.3. The van der Waals surface area contributed by atoms with Crippen molar-refractivity contribution in [2.75, 3.05) is 6.26 Å². The van der Waals surface area contributed by atoms with Crippen molar-refractivity contribution in [3.63, 3.8) is 0 Å². The predicted octanol–water partition coefficient (Wildman–Crippen LogP) is 5.22. The van der Waals surface area contributed by atoms with Crippen LogP contribution < -0.4 is 0 Å². The first kappa shape index (κ1) is 18.1. The second kappa shape index (κ2) is 6.73. The highest BCUT2D eigenvalue weighted by Gasteiger charge is 2.40. The minimum absolute atomic E-state index is 0.332. The van der Waals surface area contributed by atoms with Crippen molar-refractivity contribution < 1.29 is 14.0 Å². The molecule has 1 atom stereocenters. The van der Waals surface area contributed by atoms with Crippen LogP contribution in [0.3, 0.4) is 0 Å². The van der Waals surface area contributed by atoms with Gasteiger partial charge in [0.25, 0.3) is 11.8 Å². The van der Waals surface area contributed by atoms with Crippen molar-refractivity contribution in [1.82, 2.24) is 9.88 Å². The third kappa shape index (κ3) is 2.76. The Morgan fingerprint density at radius 1 is 1.11 bits per heavy atom. The van der Waals surface area contributed by atoms with Gasteiger partial charge in [-0.1, -0.05) is 12.1 Å². The third-order valence-corrected chi connectivity index (χ3v) is 6.58. The average Bonchev–Trinajstić information content (AvgIpc) is 2.92. The van der Waals surface area contributed by atoms with Gasteiger partial charge in [-0.2, -0.15) is 0 Å². The van der Waals surface area contributed by atoms with Crippen LogP contribution in [0.15, 0.2) is 51.8 Å². The summed E-state index contributed by atoms with van der Waals surface area (Å²) in [6, 6.07) is 10.6. The summed E-state index contributed by atoms with van der Waals surface area (Å²) < 4.78 is 14.4. The number of carbonyl (C=O) groups excluding carboxylic acids is 2. The molecule has 0 saturated heterocycles. The predicted molar refractivity (Wildman–Crippen MR) is 107 cm³/mol. The zero-order valence-corrected chi connectivity index (χ0v) is 16.9. The van der Waals surface area contributed by atoms with Crippen LogP contribution in [0.25, 0.3) is 10.9 Å². The molecule has 0 aliphatic carbocycles. The SMILES string of the molecule is CSc1c(Br)c(C(C)N2C(=O)c3ccccc3C2=O)nc2ccc(F)cc12. The molecule has 3 aromatic rings. The highest BCUT2D eigenvalue weighted by atomic mass is 79.9. The van der Waals surface area contributed by atoms with Crippen molar-refractivity contribution in [2.45, 2.75) is 17.9 Å². The van der Waals surface area contributed by atoms with E-state index in [0.29, 0.717) is 32.2 Å². The van der Waals surface area contributed by atoms with Crippen molar-refractivity contribution in [2.24, 2.45) is 0 Å². The van der Waals surface area contributed by atoms with Gasteiger partial charge in [0.2, 0.25) is 0 Å². The summed E-state index contributed by atoms with van der Waals surface area (Å²) in [7, 11) is 0. The standard InChI is InChI=1S/C20H14BrFN2O2S/c1-10(24-19(25)12-5-3-4-6-13(12)20(24)26)17-16(21)18(27-2)14-9-11(22)7-8-15(14)23-17/h3-10H,1-2H3. The summed E-state index contributed by atoms with van der Waals surface area (Å²) in [6.07, 6.45) is 1.89. The molecule has 1 aromatic heterocycles. The summed E-state index contributed by atoms with van der Waals surface area (Å²) in [5.74, 6) is -1.00. The molecular formula is C20H14BrFN2O2S. The molecule has 1 aliphatic rings. The second-order valence-electron chi connectivity index (χ2n) is 6.21. The topological polar surface area (TPSA) is 50.3 Å². The summed E-state index contributed by atoms with van der Waals surface area (Å²) >= 11 is 5.01. The van der Waals surface area contributed by atoms with E-state index in [1.807, 2.05) is 6.26 Å². The molecule has 4 nitrogen and oxygen atoms in total. The van der Waals surface area contributed by atoms with E-state index in [1.54, 1.807) is 37.3 Å². The van der Waals surface area contributed by atoms with Gasteiger partial charge >= 0.3 is 0 Å². The number of nitrogens with zero attached hydrogens (tertiary/aromatic N) is 2. The quantitative estimate of drug-likeness (QED) is 0.410. The van der Waals surface area contributed by atoms with Crippen molar-refractivity contribution >= 4 is 50.4 Å². The number of imide groups is 1. The van der Waals surface area contributed by atoms with Crippen LogP contribution in [-0.4, -0.2) is 28.0 Å². The number of aromatic nitrogens is 1. The molecule has 7 heteroatoms. The largest absolute Gasteiger partial charge is 0.269 e. The maximum absolute atomic E-state index is 13.7. The fraction of sp³-hybridized carbons (Fsp3) is 0.150. The lowest BCUT2D eigenvalue weighted by Gasteiger charge is -2.24. The molecule has 27 heavy (non-hydrogen) atoms. The fourth-order valence-electron chi connectivity index (χ4n) is 3.36. The van der Waals surface area contributed by atoms with Gasteiger partial charge in [-0.05, 0) is 59.4 Å². The molecule has 2 heterocycles. The Labute approximate surface area is 167 Å². The van der Waals surface area contributed by atoms with E-state index in [2.05, 4.69) is 20.9 Å². The number of rotatable bonds is 3. The molecule has 0 N–H and O–H groups in total. The summed E-state index contributed by atoms with van der Waals surface area (Å²) in [5, 5.41) is 0.688. The van der Waals surface area contributed by atoms with Crippen molar-refractivity contribution in [3.05, 3.63) is 69.6 Å². The molecule has 0 bridgehead atoms. The fourth-order valence-corrected chi connectivity index (χ4v) is 5.15. The van der Waals surface area contributed by atoms with Crippen LogP contribution in [-0.2, 0) is 0 Å². The highest BCUT2D eigenvalue weighted by Crippen LogP contribution is 2.40. The Balaban J connectivity index is 1.86. The van der Waals surface area contributed by atoms with E-state index in [-0.39, 0.29) is 17.6 Å². The van der Waals surface area contributed by atoms with Gasteiger partial charge in [0.15, 0.2) is 0 Å². The molecule has 4 rings (SSSR count). The molecule has 136 valence electrons. The Bertz CT molecular complexity index is 1080. The summed E-state index contributed by atoms with van der Waals surface area (Å²) in [6.45, 7) is 1.77. The molecule has 0 radical (unpaired) electrons. The Kier molecular flexibility index (Phi) is 4.52. The van der Waals surface area contributed by atoms with E-state index in [9.17, 15) is 14.0 Å². The van der Waals surface area contributed by atoms with Gasteiger partial charge in [-0.3, -0.25) is 14.5 Å². The normalized spacial score (nSPS) is 14.7. The van der Waals surface area contributed by atoms with Crippen LogP contribution in [0, 0.1) is 5.82 Å². The van der Waals surface area contributed by atoms with Crippen LogP contribution in [0.1, 0.15) is 39.4 Å². The lowest BCUT2D eigenvalue weighted by atomic mass is 10.1. The highest BCUT2D eigenvalue weighted by molar-refractivity contribution is 9.10. The Morgan fingerprint density at radius 3 is 2.33 bits per heavy atom. The third-order valence-electron chi connectivity index (χ3n) is 4.68. The van der Waals surface area contributed by atoms with Gasteiger partial charge in [-0.25, -0.2) is 9.37 Å². The summed E-state index contributed by atoms with van der Waals surface area (Å²) in [5.41, 5.74) is 1.98. The smallest absolute Gasteiger partial charge is 0.262 e. The van der Waals surface area contributed by atoms with Crippen LogP contribution in [0.2, 0.25) is 0 Å². The number of halogens is 2.